The Bertz CT molecular complexity index is 193. The molecule has 0 aliphatic carbocycles. The van der Waals surface area contributed by atoms with E-state index < -0.39 is 0 Å². The Labute approximate surface area is 68.7 Å². The third-order valence-corrected chi connectivity index (χ3v) is 1.70. The molecule has 0 amide bonds. The Morgan fingerprint density at radius 3 is 2.45 bits per heavy atom. The largest absolute Gasteiger partial charge is 0.456 e. The Hall–Kier alpha value is -0.820. The third-order valence-electron chi connectivity index (χ3n) is 1.70. The van der Waals surface area contributed by atoms with Gasteiger partial charge in [-0.25, -0.2) is 0 Å². The molecule has 0 aliphatic rings. The zero-order valence-electron chi connectivity index (χ0n) is 6.96. The maximum atomic E-state index is 3.89. The molecule has 0 unspecified atom stereocenters. The second-order valence-electron chi connectivity index (χ2n) is 2.63. The summed E-state index contributed by atoms with van der Waals surface area (Å²) < 4.78 is 0. The zero-order valence-corrected chi connectivity index (χ0v) is 6.96. The summed E-state index contributed by atoms with van der Waals surface area (Å²) in [5.41, 5.74) is 1.32. The van der Waals surface area contributed by atoms with Crippen molar-refractivity contribution in [2.24, 2.45) is 0 Å². The van der Waals surface area contributed by atoms with Crippen molar-refractivity contribution in [1.82, 2.24) is 4.90 Å². The normalized spacial score (nSPS) is 10.5. The molecule has 1 heteroatoms. The van der Waals surface area contributed by atoms with E-state index in [1.54, 1.807) is 0 Å². The second-order valence-corrected chi connectivity index (χ2v) is 2.63. The standard InChI is InChI=1S/C10H14N/c1-3-11(2)9-10-7-5-4-6-8-10/h4-8H,2-3,9H2,1H3/q-1. The smallest absolute Gasteiger partial charge is 0.00451 e. The predicted octanol–water partition coefficient (Wildman–Crippen LogP) is 2.30. The highest BCUT2D eigenvalue weighted by Gasteiger charge is 1.89. The number of hydrogen-bond donors (Lipinski definition) is 0. The highest BCUT2D eigenvalue weighted by atomic mass is 15.1. The van der Waals surface area contributed by atoms with Gasteiger partial charge in [-0.15, -0.1) is 0 Å². The minimum Gasteiger partial charge on any atom is -0.456 e. The lowest BCUT2D eigenvalue weighted by atomic mass is 10.2. The molecule has 0 spiro atoms. The maximum absolute atomic E-state index is 3.89. The van der Waals surface area contributed by atoms with Crippen LogP contribution in [0.5, 0.6) is 0 Å². The molecule has 11 heavy (non-hydrogen) atoms. The van der Waals surface area contributed by atoms with Crippen LogP contribution in [-0.4, -0.2) is 11.4 Å². The number of hydrogen-bond acceptors (Lipinski definition) is 1. The van der Waals surface area contributed by atoms with Gasteiger partial charge in [-0.1, -0.05) is 37.3 Å². The van der Waals surface area contributed by atoms with E-state index in [1.807, 2.05) is 11.0 Å². The SMILES string of the molecule is [CH2-]N(CC)Cc1ccccc1. The fraction of sp³-hybridized carbons (Fsp3) is 0.300. The van der Waals surface area contributed by atoms with E-state index in [9.17, 15) is 0 Å². The van der Waals surface area contributed by atoms with E-state index in [0.717, 1.165) is 13.1 Å². The fourth-order valence-corrected chi connectivity index (χ4v) is 0.953. The highest BCUT2D eigenvalue weighted by molar-refractivity contribution is 5.14. The van der Waals surface area contributed by atoms with Crippen LogP contribution < -0.4 is 0 Å². The first-order valence-corrected chi connectivity index (χ1v) is 3.92. The maximum Gasteiger partial charge on any atom is -0.00451 e. The van der Waals surface area contributed by atoms with Gasteiger partial charge in [0.15, 0.2) is 0 Å². The third kappa shape index (κ3) is 2.72. The van der Waals surface area contributed by atoms with E-state index in [4.69, 9.17) is 0 Å². The Kier molecular flexibility index (Phi) is 3.12. The second kappa shape index (κ2) is 4.14. The minimum absolute atomic E-state index is 0.942. The van der Waals surface area contributed by atoms with E-state index in [1.165, 1.54) is 5.56 Å². The minimum atomic E-state index is 0.942. The van der Waals surface area contributed by atoms with Crippen LogP contribution in [0, 0.1) is 7.05 Å². The van der Waals surface area contributed by atoms with Crippen LogP contribution in [0.3, 0.4) is 0 Å². The fourth-order valence-electron chi connectivity index (χ4n) is 0.953. The molecule has 60 valence electrons. The van der Waals surface area contributed by atoms with Crippen molar-refractivity contribution in [3.63, 3.8) is 0 Å². The zero-order chi connectivity index (χ0) is 8.10. The molecule has 0 saturated heterocycles. The predicted molar refractivity (Wildman–Crippen MR) is 47.9 cm³/mol. The summed E-state index contributed by atoms with van der Waals surface area (Å²) in [4.78, 5) is 2.04. The van der Waals surface area contributed by atoms with Crippen molar-refractivity contribution in [2.45, 2.75) is 13.5 Å². The number of nitrogens with zero attached hydrogens (tertiary/aromatic N) is 1. The van der Waals surface area contributed by atoms with E-state index in [-0.39, 0.29) is 0 Å². The Balaban J connectivity index is 2.51. The molecule has 0 aromatic heterocycles. The van der Waals surface area contributed by atoms with Crippen LogP contribution in [0.1, 0.15) is 12.5 Å². The molecule has 1 aromatic carbocycles. The molecule has 0 aliphatic heterocycles. The molecule has 0 bridgehead atoms. The number of rotatable bonds is 3. The van der Waals surface area contributed by atoms with Gasteiger partial charge in [-0.2, -0.15) is 0 Å². The lowest BCUT2D eigenvalue weighted by molar-refractivity contribution is 0.384. The van der Waals surface area contributed by atoms with Crippen molar-refractivity contribution < 1.29 is 0 Å². The van der Waals surface area contributed by atoms with Crippen molar-refractivity contribution >= 4 is 0 Å². The first-order chi connectivity index (χ1) is 5.33. The summed E-state index contributed by atoms with van der Waals surface area (Å²) in [5.74, 6) is 0. The molecule has 0 heterocycles. The molecule has 1 rings (SSSR count). The van der Waals surface area contributed by atoms with Crippen molar-refractivity contribution in [3.8, 4) is 0 Å². The van der Waals surface area contributed by atoms with Gasteiger partial charge in [0, 0.05) is 0 Å². The van der Waals surface area contributed by atoms with E-state index in [2.05, 4.69) is 38.2 Å². The molecule has 0 fully saturated rings. The van der Waals surface area contributed by atoms with Crippen molar-refractivity contribution in [2.75, 3.05) is 6.54 Å². The summed E-state index contributed by atoms with van der Waals surface area (Å²) in [6.45, 7) is 4.04. The first kappa shape index (κ1) is 8.28. The topological polar surface area (TPSA) is 3.24 Å². The monoisotopic (exact) mass is 148 g/mol. The quantitative estimate of drug-likeness (QED) is 0.594. The average Bonchev–Trinajstić information content (AvgIpc) is 2.06. The molecule has 1 nitrogen and oxygen atoms in total. The van der Waals surface area contributed by atoms with Gasteiger partial charge < -0.3 is 4.90 Å². The summed E-state index contributed by atoms with van der Waals surface area (Å²) in [7, 11) is 3.89. The molecular weight excluding hydrogens is 134 g/mol. The van der Waals surface area contributed by atoms with Gasteiger partial charge in [-0.3, -0.25) is 7.05 Å². The lowest BCUT2D eigenvalue weighted by Gasteiger charge is -2.22. The van der Waals surface area contributed by atoms with Crippen molar-refractivity contribution in [1.29, 1.82) is 0 Å². The summed E-state index contributed by atoms with van der Waals surface area (Å²) >= 11 is 0. The van der Waals surface area contributed by atoms with Gasteiger partial charge in [0.1, 0.15) is 0 Å². The summed E-state index contributed by atoms with van der Waals surface area (Å²) in [6, 6.07) is 10.4. The number of benzene rings is 1. The molecule has 0 radical (unpaired) electrons. The lowest BCUT2D eigenvalue weighted by Crippen LogP contribution is -2.13. The molecule has 0 N–H and O–H groups in total. The highest BCUT2D eigenvalue weighted by Crippen LogP contribution is 2.01. The van der Waals surface area contributed by atoms with E-state index >= 15 is 0 Å². The van der Waals surface area contributed by atoms with Gasteiger partial charge in [-0.05, 0) is 18.7 Å². The molecule has 1 aromatic rings. The average molecular weight is 148 g/mol. The van der Waals surface area contributed by atoms with Gasteiger partial charge in [0.2, 0.25) is 0 Å². The summed E-state index contributed by atoms with van der Waals surface area (Å²) in [6.07, 6.45) is 0. The van der Waals surface area contributed by atoms with Crippen LogP contribution in [-0.2, 0) is 6.54 Å². The van der Waals surface area contributed by atoms with Gasteiger partial charge in [0.25, 0.3) is 0 Å². The first-order valence-electron chi connectivity index (χ1n) is 3.92. The van der Waals surface area contributed by atoms with Gasteiger partial charge >= 0.3 is 0 Å². The molecular formula is C10H14N-. The molecule has 0 atom stereocenters. The van der Waals surface area contributed by atoms with Crippen molar-refractivity contribution in [3.05, 3.63) is 42.9 Å². The van der Waals surface area contributed by atoms with Crippen LogP contribution in [0.4, 0.5) is 0 Å². The van der Waals surface area contributed by atoms with Crippen LogP contribution >= 0.6 is 0 Å². The van der Waals surface area contributed by atoms with Crippen LogP contribution in [0.25, 0.3) is 0 Å². The summed E-state index contributed by atoms with van der Waals surface area (Å²) in [5, 5.41) is 0. The Morgan fingerprint density at radius 1 is 1.27 bits per heavy atom. The van der Waals surface area contributed by atoms with Crippen LogP contribution in [0.15, 0.2) is 30.3 Å². The molecule has 0 saturated carbocycles. The van der Waals surface area contributed by atoms with E-state index in [0.29, 0.717) is 0 Å². The van der Waals surface area contributed by atoms with Gasteiger partial charge in [0.05, 0.1) is 0 Å². The Morgan fingerprint density at radius 2 is 1.91 bits per heavy atom. The van der Waals surface area contributed by atoms with Crippen LogP contribution in [0.2, 0.25) is 0 Å².